The van der Waals surface area contributed by atoms with Crippen LogP contribution in [0.3, 0.4) is 0 Å². The van der Waals surface area contributed by atoms with E-state index in [1.807, 2.05) is 47.4 Å². The molecular weight excluding hydrogens is 544 g/mol. The number of nitrogens with one attached hydrogen (secondary N) is 1. The maximum atomic E-state index is 13.5. The van der Waals surface area contributed by atoms with Gasteiger partial charge in [-0.15, -0.1) is 0 Å². The van der Waals surface area contributed by atoms with Crippen LogP contribution in [0.2, 0.25) is 0 Å². The summed E-state index contributed by atoms with van der Waals surface area (Å²) in [4.78, 5) is 22.1. The molecule has 1 fully saturated rings. The van der Waals surface area contributed by atoms with Gasteiger partial charge in [-0.05, 0) is 67.8 Å². The van der Waals surface area contributed by atoms with Crippen LogP contribution in [0.1, 0.15) is 29.3 Å². The Kier molecular flexibility index (Phi) is 9.46. The molecule has 1 saturated heterocycles. The lowest BCUT2D eigenvalue weighted by atomic mass is 10.0. The molecule has 5 rings (SSSR count). The summed E-state index contributed by atoms with van der Waals surface area (Å²) >= 11 is 0. The fourth-order valence-electron chi connectivity index (χ4n) is 5.26. The van der Waals surface area contributed by atoms with E-state index < -0.39 is 10.0 Å². The molecule has 0 saturated carbocycles. The topological polar surface area (TPSA) is 82.1 Å². The lowest BCUT2D eigenvalue weighted by molar-refractivity contribution is 0.0761. The van der Waals surface area contributed by atoms with Crippen molar-refractivity contribution in [1.82, 2.24) is 9.80 Å². The van der Waals surface area contributed by atoms with E-state index >= 15 is 0 Å². The van der Waals surface area contributed by atoms with Gasteiger partial charge in [0.05, 0.1) is 5.69 Å². The molecule has 1 N–H and O–H groups in total. The van der Waals surface area contributed by atoms with Crippen molar-refractivity contribution in [2.75, 3.05) is 37.4 Å². The summed E-state index contributed by atoms with van der Waals surface area (Å²) in [6.07, 6.45) is 3.50. The van der Waals surface area contributed by atoms with Gasteiger partial charge in [0.25, 0.3) is 15.9 Å². The summed E-state index contributed by atoms with van der Waals surface area (Å²) in [5, 5.41) is 0. The Balaban J connectivity index is 1.25. The Labute approximate surface area is 248 Å². The summed E-state index contributed by atoms with van der Waals surface area (Å²) in [6.45, 7) is 5.90. The van der Waals surface area contributed by atoms with E-state index in [1.54, 1.807) is 49.5 Å². The highest BCUT2D eigenvalue weighted by Crippen LogP contribution is 2.36. The van der Waals surface area contributed by atoms with Gasteiger partial charge in [0.1, 0.15) is 4.90 Å². The van der Waals surface area contributed by atoms with Crippen molar-refractivity contribution < 1.29 is 13.2 Å². The standard InChI is InChI=1S/C34H36N4O3S/c1-2-35-33-31(28-13-7-4-8-14-28)15-9-16-32(33)42(40,41)36-30-19-17-29(18-20-30)34(39)38-23-10-22-37(25-26-38)24-21-27-11-5-3-6-12-27/h2-9,11-20,36H,10,21-26H2,1H3. The predicted molar refractivity (Wildman–Crippen MR) is 170 cm³/mol. The summed E-state index contributed by atoms with van der Waals surface area (Å²) in [5.41, 5.74) is 4.23. The quantitative estimate of drug-likeness (QED) is 0.237. The number of anilines is 1. The second kappa shape index (κ2) is 13.6. The summed E-state index contributed by atoms with van der Waals surface area (Å²) in [5.74, 6) is -0.0375. The molecule has 1 aliphatic heterocycles. The second-order valence-electron chi connectivity index (χ2n) is 10.3. The third-order valence-electron chi connectivity index (χ3n) is 7.45. The number of carbonyl (C=O) groups excluding carboxylic acids is 1. The molecule has 0 aliphatic carbocycles. The number of nitrogens with zero attached hydrogens (tertiary/aromatic N) is 3. The van der Waals surface area contributed by atoms with E-state index in [0.717, 1.165) is 43.6 Å². The SMILES string of the molecule is CC=Nc1c(-c2ccccc2)cccc1S(=O)(=O)Nc1ccc(C(=O)N2CCCN(CCc3ccccc3)CC2)cc1. The predicted octanol–water partition coefficient (Wildman–Crippen LogP) is 6.27. The maximum Gasteiger partial charge on any atom is 0.264 e. The number of hydrogen-bond donors (Lipinski definition) is 1. The van der Waals surface area contributed by atoms with Gasteiger partial charge < -0.3 is 9.80 Å². The molecule has 8 heteroatoms. The molecule has 0 aromatic heterocycles. The Morgan fingerprint density at radius 2 is 1.55 bits per heavy atom. The number of benzene rings is 4. The van der Waals surface area contributed by atoms with E-state index in [9.17, 15) is 13.2 Å². The van der Waals surface area contributed by atoms with Gasteiger partial charge in [0.2, 0.25) is 0 Å². The second-order valence-corrected chi connectivity index (χ2v) is 12.0. The number of amides is 1. The third kappa shape index (κ3) is 7.13. The fraction of sp³-hybridized carbons (Fsp3) is 0.235. The van der Waals surface area contributed by atoms with E-state index in [2.05, 4.69) is 38.9 Å². The molecular formula is C34H36N4O3S. The molecule has 1 aliphatic rings. The lowest BCUT2D eigenvalue weighted by Gasteiger charge is -2.22. The van der Waals surface area contributed by atoms with Gasteiger partial charge in [-0.1, -0.05) is 72.8 Å². The first-order valence-corrected chi connectivity index (χ1v) is 15.8. The number of aliphatic imine (C=N–C) groups is 1. The fourth-order valence-corrected chi connectivity index (χ4v) is 6.49. The summed E-state index contributed by atoms with van der Waals surface area (Å²) in [7, 11) is -3.95. The van der Waals surface area contributed by atoms with Crippen molar-refractivity contribution in [2.45, 2.75) is 24.7 Å². The molecule has 1 amide bonds. The molecule has 4 aromatic rings. The van der Waals surface area contributed by atoms with Crippen molar-refractivity contribution in [2.24, 2.45) is 4.99 Å². The first kappa shape index (κ1) is 29.2. The van der Waals surface area contributed by atoms with Crippen LogP contribution < -0.4 is 4.72 Å². The van der Waals surface area contributed by atoms with Crippen molar-refractivity contribution in [3.63, 3.8) is 0 Å². The molecule has 42 heavy (non-hydrogen) atoms. The van der Waals surface area contributed by atoms with Gasteiger partial charge in [0, 0.05) is 49.2 Å². The average Bonchev–Trinajstić information content (AvgIpc) is 3.27. The van der Waals surface area contributed by atoms with Crippen LogP contribution in [0.25, 0.3) is 11.1 Å². The first-order valence-electron chi connectivity index (χ1n) is 14.3. The molecule has 1 heterocycles. The maximum absolute atomic E-state index is 13.5. The number of rotatable bonds is 9. The Morgan fingerprint density at radius 1 is 0.833 bits per heavy atom. The van der Waals surface area contributed by atoms with E-state index in [1.165, 1.54) is 5.56 Å². The number of para-hydroxylation sites is 1. The third-order valence-corrected chi connectivity index (χ3v) is 8.86. The highest BCUT2D eigenvalue weighted by atomic mass is 32.2. The zero-order valence-corrected chi connectivity index (χ0v) is 24.6. The number of sulfonamides is 1. The van der Waals surface area contributed by atoms with Gasteiger partial charge in [-0.25, -0.2) is 8.42 Å². The van der Waals surface area contributed by atoms with Crippen molar-refractivity contribution >= 4 is 33.5 Å². The van der Waals surface area contributed by atoms with E-state index in [-0.39, 0.29) is 10.8 Å². The largest absolute Gasteiger partial charge is 0.337 e. The monoisotopic (exact) mass is 580 g/mol. The van der Waals surface area contributed by atoms with Gasteiger partial charge in [0.15, 0.2) is 0 Å². The average molecular weight is 581 g/mol. The smallest absolute Gasteiger partial charge is 0.264 e. The normalized spacial score (nSPS) is 14.5. The van der Waals surface area contributed by atoms with E-state index in [0.29, 0.717) is 30.0 Å². The van der Waals surface area contributed by atoms with Crippen LogP contribution in [-0.2, 0) is 16.4 Å². The molecule has 0 radical (unpaired) electrons. The number of carbonyl (C=O) groups is 1. The van der Waals surface area contributed by atoms with Crippen LogP contribution in [-0.4, -0.2) is 63.1 Å². The minimum Gasteiger partial charge on any atom is -0.337 e. The molecule has 0 atom stereocenters. The molecule has 7 nitrogen and oxygen atoms in total. The van der Waals surface area contributed by atoms with E-state index in [4.69, 9.17) is 0 Å². The number of hydrogen-bond acceptors (Lipinski definition) is 5. The first-order chi connectivity index (χ1) is 20.4. The van der Waals surface area contributed by atoms with Crippen LogP contribution >= 0.6 is 0 Å². The Morgan fingerprint density at radius 3 is 2.26 bits per heavy atom. The highest BCUT2D eigenvalue weighted by Gasteiger charge is 2.23. The van der Waals surface area contributed by atoms with Crippen molar-refractivity contribution in [3.8, 4) is 11.1 Å². The summed E-state index contributed by atoms with van der Waals surface area (Å²) in [6, 6.07) is 31.8. The minimum atomic E-state index is -3.95. The van der Waals surface area contributed by atoms with Crippen LogP contribution in [0.5, 0.6) is 0 Å². The van der Waals surface area contributed by atoms with Crippen molar-refractivity contribution in [3.05, 3.63) is 114 Å². The lowest BCUT2D eigenvalue weighted by Crippen LogP contribution is -2.35. The van der Waals surface area contributed by atoms with Gasteiger partial charge in [-0.3, -0.25) is 14.5 Å². The summed E-state index contributed by atoms with van der Waals surface area (Å²) < 4.78 is 29.7. The van der Waals surface area contributed by atoms with Crippen LogP contribution in [0.4, 0.5) is 11.4 Å². The van der Waals surface area contributed by atoms with Gasteiger partial charge >= 0.3 is 0 Å². The zero-order chi connectivity index (χ0) is 29.4. The molecule has 0 spiro atoms. The Hall–Kier alpha value is -4.27. The molecule has 216 valence electrons. The molecule has 0 bridgehead atoms. The van der Waals surface area contributed by atoms with Crippen LogP contribution in [0, 0.1) is 0 Å². The highest BCUT2D eigenvalue weighted by molar-refractivity contribution is 7.92. The Bertz CT molecular complexity index is 1620. The van der Waals surface area contributed by atoms with Crippen molar-refractivity contribution in [1.29, 1.82) is 0 Å². The molecule has 0 unspecified atom stereocenters. The zero-order valence-electron chi connectivity index (χ0n) is 23.8. The van der Waals surface area contributed by atoms with Crippen LogP contribution in [0.15, 0.2) is 113 Å². The minimum absolute atomic E-state index is 0.0375. The molecule has 4 aromatic carbocycles. The van der Waals surface area contributed by atoms with Gasteiger partial charge in [-0.2, -0.15) is 0 Å².